The third-order valence-corrected chi connectivity index (χ3v) is 5.27. The highest BCUT2D eigenvalue weighted by atomic mass is 35.5. The standard InChI is InChI=1S/C23H20N2O2.ClH/c1-15-2-4-16(5-3-15)17-9-11-25(23(26)12-17)18-6-7-19-20-14-24-10-8-21(20)27-22(19)13-18;/h2-7,9,11-13,24H,8,10,14H2,1H3;1H. The molecular weight excluding hydrogens is 372 g/mol. The van der Waals surface area contributed by atoms with E-state index in [2.05, 4.69) is 30.4 Å². The van der Waals surface area contributed by atoms with Gasteiger partial charge in [-0.3, -0.25) is 9.36 Å². The molecule has 5 heteroatoms. The van der Waals surface area contributed by atoms with Crippen LogP contribution in [0.4, 0.5) is 0 Å². The van der Waals surface area contributed by atoms with E-state index in [0.29, 0.717) is 0 Å². The van der Waals surface area contributed by atoms with Crippen LogP contribution in [-0.2, 0) is 13.0 Å². The topological polar surface area (TPSA) is 47.2 Å². The molecule has 4 nitrogen and oxygen atoms in total. The second kappa shape index (κ2) is 7.30. The second-order valence-corrected chi connectivity index (χ2v) is 7.10. The van der Waals surface area contributed by atoms with E-state index in [1.807, 2.05) is 36.5 Å². The first-order valence-electron chi connectivity index (χ1n) is 9.24. The first-order valence-corrected chi connectivity index (χ1v) is 9.24. The number of aryl methyl sites for hydroxylation is 1. The van der Waals surface area contributed by atoms with Gasteiger partial charge in [-0.2, -0.15) is 0 Å². The molecule has 1 aliphatic heterocycles. The molecule has 0 spiro atoms. The Kier molecular flexibility index (Phi) is 4.84. The fourth-order valence-electron chi connectivity index (χ4n) is 3.77. The van der Waals surface area contributed by atoms with Crippen LogP contribution in [0.5, 0.6) is 0 Å². The molecule has 0 amide bonds. The normalized spacial score (nSPS) is 13.2. The van der Waals surface area contributed by atoms with Crippen LogP contribution in [0.25, 0.3) is 27.8 Å². The molecule has 28 heavy (non-hydrogen) atoms. The van der Waals surface area contributed by atoms with Crippen molar-refractivity contribution in [3.63, 3.8) is 0 Å². The molecule has 3 heterocycles. The van der Waals surface area contributed by atoms with Gasteiger partial charge >= 0.3 is 0 Å². The van der Waals surface area contributed by atoms with E-state index < -0.39 is 0 Å². The Morgan fingerprint density at radius 2 is 1.82 bits per heavy atom. The van der Waals surface area contributed by atoms with Gasteiger partial charge in [-0.1, -0.05) is 29.8 Å². The van der Waals surface area contributed by atoms with E-state index in [0.717, 1.165) is 53.1 Å². The molecule has 0 saturated heterocycles. The average molecular weight is 393 g/mol. The molecule has 5 rings (SSSR count). The fraction of sp³-hybridized carbons (Fsp3) is 0.174. The summed E-state index contributed by atoms with van der Waals surface area (Å²) in [6.45, 7) is 3.84. The summed E-state index contributed by atoms with van der Waals surface area (Å²) in [7, 11) is 0. The van der Waals surface area contributed by atoms with Gasteiger partial charge in [0.2, 0.25) is 0 Å². The summed E-state index contributed by atoms with van der Waals surface area (Å²) >= 11 is 0. The van der Waals surface area contributed by atoms with Gasteiger partial charge in [0.05, 0.1) is 5.69 Å². The summed E-state index contributed by atoms with van der Waals surface area (Å²) in [5, 5.41) is 4.51. The number of pyridine rings is 1. The molecule has 0 saturated carbocycles. The number of fused-ring (bicyclic) bond motifs is 3. The first-order chi connectivity index (χ1) is 13.2. The Hall–Kier alpha value is -2.82. The maximum Gasteiger partial charge on any atom is 0.255 e. The lowest BCUT2D eigenvalue weighted by atomic mass is 10.1. The number of nitrogens with one attached hydrogen (secondary N) is 1. The van der Waals surface area contributed by atoms with Gasteiger partial charge in [0, 0.05) is 48.8 Å². The van der Waals surface area contributed by atoms with Crippen LogP contribution in [0.3, 0.4) is 0 Å². The number of benzene rings is 2. The van der Waals surface area contributed by atoms with Crippen LogP contribution in [0.2, 0.25) is 0 Å². The molecule has 142 valence electrons. The van der Waals surface area contributed by atoms with Gasteiger partial charge in [0.25, 0.3) is 5.56 Å². The number of furan rings is 1. The summed E-state index contributed by atoms with van der Waals surface area (Å²) in [5.41, 5.74) is 6.04. The van der Waals surface area contributed by atoms with Crippen molar-refractivity contribution in [2.45, 2.75) is 19.9 Å². The molecule has 1 N–H and O–H groups in total. The van der Waals surface area contributed by atoms with Gasteiger partial charge in [-0.15, -0.1) is 12.4 Å². The van der Waals surface area contributed by atoms with Crippen molar-refractivity contribution >= 4 is 23.4 Å². The van der Waals surface area contributed by atoms with Crippen molar-refractivity contribution in [1.29, 1.82) is 0 Å². The number of nitrogens with zero attached hydrogens (tertiary/aromatic N) is 1. The van der Waals surface area contributed by atoms with Crippen LogP contribution in [0, 0.1) is 6.92 Å². The largest absolute Gasteiger partial charge is 0.461 e. The Balaban J connectivity index is 0.00000192. The Bertz CT molecular complexity index is 1210. The molecule has 2 aromatic carbocycles. The molecule has 0 bridgehead atoms. The predicted molar refractivity (Wildman–Crippen MR) is 115 cm³/mol. The number of aromatic nitrogens is 1. The fourth-order valence-corrected chi connectivity index (χ4v) is 3.77. The van der Waals surface area contributed by atoms with E-state index in [1.54, 1.807) is 10.6 Å². The lowest BCUT2D eigenvalue weighted by Gasteiger charge is -2.10. The molecule has 4 aromatic rings. The molecular formula is C23H21ClN2O2. The molecule has 2 aromatic heterocycles. The van der Waals surface area contributed by atoms with Gasteiger partial charge in [-0.05, 0) is 36.2 Å². The minimum absolute atomic E-state index is 0. The highest BCUT2D eigenvalue weighted by Crippen LogP contribution is 2.29. The average Bonchev–Trinajstić information content (AvgIpc) is 3.06. The van der Waals surface area contributed by atoms with Crippen molar-refractivity contribution in [2.24, 2.45) is 0 Å². The van der Waals surface area contributed by atoms with Crippen LogP contribution >= 0.6 is 12.4 Å². The Morgan fingerprint density at radius 1 is 1.00 bits per heavy atom. The van der Waals surface area contributed by atoms with Gasteiger partial charge in [-0.25, -0.2) is 0 Å². The zero-order valence-electron chi connectivity index (χ0n) is 15.6. The number of hydrogen-bond donors (Lipinski definition) is 1. The molecule has 0 radical (unpaired) electrons. The smallest absolute Gasteiger partial charge is 0.255 e. The van der Waals surface area contributed by atoms with E-state index >= 15 is 0 Å². The third kappa shape index (κ3) is 3.15. The summed E-state index contributed by atoms with van der Waals surface area (Å²) < 4.78 is 7.70. The minimum atomic E-state index is -0.0505. The van der Waals surface area contributed by atoms with Gasteiger partial charge in [0.15, 0.2) is 0 Å². The third-order valence-electron chi connectivity index (χ3n) is 5.27. The lowest BCUT2D eigenvalue weighted by molar-refractivity contribution is 0.500. The van der Waals surface area contributed by atoms with Crippen LogP contribution in [0.15, 0.2) is 70.0 Å². The summed E-state index contributed by atoms with van der Waals surface area (Å²) in [4.78, 5) is 12.7. The monoisotopic (exact) mass is 392 g/mol. The Morgan fingerprint density at radius 3 is 2.61 bits per heavy atom. The molecule has 0 unspecified atom stereocenters. The quantitative estimate of drug-likeness (QED) is 0.541. The minimum Gasteiger partial charge on any atom is -0.461 e. The van der Waals surface area contributed by atoms with Crippen LogP contribution in [0.1, 0.15) is 16.9 Å². The van der Waals surface area contributed by atoms with Gasteiger partial charge in [0.1, 0.15) is 11.3 Å². The maximum absolute atomic E-state index is 12.7. The van der Waals surface area contributed by atoms with E-state index in [1.165, 1.54) is 11.1 Å². The Labute approximate surface area is 169 Å². The number of halogens is 1. The summed E-state index contributed by atoms with van der Waals surface area (Å²) in [5.74, 6) is 1.06. The first kappa shape index (κ1) is 18.5. The number of hydrogen-bond acceptors (Lipinski definition) is 3. The van der Waals surface area contributed by atoms with Crippen LogP contribution in [-0.4, -0.2) is 11.1 Å². The van der Waals surface area contributed by atoms with Gasteiger partial charge < -0.3 is 9.73 Å². The zero-order chi connectivity index (χ0) is 18.4. The molecule has 0 atom stereocenters. The van der Waals surface area contributed by atoms with E-state index in [9.17, 15) is 4.79 Å². The van der Waals surface area contributed by atoms with Crippen molar-refractivity contribution in [1.82, 2.24) is 9.88 Å². The molecule has 1 aliphatic rings. The van der Waals surface area contributed by atoms with Crippen molar-refractivity contribution in [3.05, 3.63) is 88.0 Å². The number of rotatable bonds is 2. The maximum atomic E-state index is 12.7. The van der Waals surface area contributed by atoms with Crippen LogP contribution < -0.4 is 10.9 Å². The predicted octanol–water partition coefficient (Wildman–Crippen LogP) is 4.63. The summed E-state index contributed by atoms with van der Waals surface area (Å²) in [6, 6.07) is 17.9. The highest BCUT2D eigenvalue weighted by molar-refractivity contribution is 5.85. The van der Waals surface area contributed by atoms with E-state index in [-0.39, 0.29) is 18.0 Å². The highest BCUT2D eigenvalue weighted by Gasteiger charge is 2.17. The van der Waals surface area contributed by atoms with E-state index in [4.69, 9.17) is 4.42 Å². The zero-order valence-corrected chi connectivity index (χ0v) is 16.4. The SMILES string of the molecule is Cc1ccc(-c2ccn(-c3ccc4c5c(oc4c3)CCNC5)c(=O)c2)cc1.Cl. The molecule has 0 aliphatic carbocycles. The van der Waals surface area contributed by atoms with Crippen molar-refractivity contribution < 1.29 is 4.42 Å². The van der Waals surface area contributed by atoms with Crippen molar-refractivity contribution in [3.8, 4) is 16.8 Å². The summed E-state index contributed by atoms with van der Waals surface area (Å²) in [6.07, 6.45) is 2.74. The van der Waals surface area contributed by atoms with Crippen molar-refractivity contribution in [2.75, 3.05) is 6.54 Å². The molecule has 0 fully saturated rings. The second-order valence-electron chi connectivity index (χ2n) is 7.10. The lowest BCUT2D eigenvalue weighted by Crippen LogP contribution is -2.22.